The van der Waals surface area contributed by atoms with Crippen LogP contribution in [0, 0.1) is 0 Å². The average Bonchev–Trinajstić information content (AvgIpc) is 3.75. The maximum atomic E-state index is 13.9. The van der Waals surface area contributed by atoms with Crippen LogP contribution in [-0.2, 0) is 23.7 Å². The van der Waals surface area contributed by atoms with Crippen LogP contribution in [0.4, 0.5) is 0 Å². The lowest BCUT2D eigenvalue weighted by molar-refractivity contribution is -0.236. The predicted octanol–water partition coefficient (Wildman–Crippen LogP) is 6.72. The van der Waals surface area contributed by atoms with Crippen molar-refractivity contribution in [2.24, 2.45) is 0 Å². The van der Waals surface area contributed by atoms with Crippen molar-refractivity contribution in [3.63, 3.8) is 0 Å². The highest BCUT2D eigenvalue weighted by Crippen LogP contribution is 2.39. The second-order valence-electron chi connectivity index (χ2n) is 12.5. The fourth-order valence-corrected chi connectivity index (χ4v) is 5.97. The van der Waals surface area contributed by atoms with Gasteiger partial charge in [-0.15, -0.1) is 0 Å². The third kappa shape index (κ3) is 8.64. The van der Waals surface area contributed by atoms with E-state index in [4.69, 9.17) is 32.9 Å². The first-order valence-corrected chi connectivity index (χ1v) is 17.5. The number of aromatic nitrogens is 2. The van der Waals surface area contributed by atoms with Gasteiger partial charge in [0, 0.05) is 5.56 Å². The number of nitrogens with zero attached hydrogens (tertiary/aromatic N) is 2. The summed E-state index contributed by atoms with van der Waals surface area (Å²) in [7, 11) is 1.54. The van der Waals surface area contributed by atoms with Crippen LogP contribution in [0.3, 0.4) is 0 Å². The molecule has 0 aliphatic carbocycles. The summed E-state index contributed by atoms with van der Waals surface area (Å²) < 4.78 is 41.6. The van der Waals surface area contributed by atoms with E-state index >= 15 is 0 Å². The Hall–Kier alpha value is -7.12. The molecule has 0 spiro atoms. The Labute approximate surface area is 320 Å². The molecule has 1 saturated heterocycles. The van der Waals surface area contributed by atoms with Gasteiger partial charge < -0.3 is 32.9 Å². The molecule has 0 N–H and O–H groups in total. The summed E-state index contributed by atoms with van der Waals surface area (Å²) in [5.74, 6) is -2.58. The number of hydrogen-bond acceptors (Lipinski definition) is 13. The predicted molar refractivity (Wildman–Crippen MR) is 198 cm³/mol. The maximum absolute atomic E-state index is 13.9. The van der Waals surface area contributed by atoms with Crippen LogP contribution >= 0.6 is 0 Å². The molecule has 56 heavy (non-hydrogen) atoms. The number of carbonyl (C=O) groups is 4. The minimum atomic E-state index is -1.58. The lowest BCUT2D eigenvalue weighted by Crippen LogP contribution is -2.60. The van der Waals surface area contributed by atoms with Gasteiger partial charge in [0.25, 0.3) is 5.89 Å². The second kappa shape index (κ2) is 17.3. The summed E-state index contributed by atoms with van der Waals surface area (Å²) >= 11 is 0. The zero-order valence-corrected chi connectivity index (χ0v) is 29.8. The van der Waals surface area contributed by atoms with Crippen LogP contribution in [0.25, 0.3) is 11.4 Å². The van der Waals surface area contributed by atoms with Crippen LogP contribution in [-0.4, -0.2) is 72.2 Å². The lowest BCUT2D eigenvalue weighted by atomic mass is 9.93. The third-order valence-electron chi connectivity index (χ3n) is 8.81. The SMILES string of the molecule is COc1ccc(-c2noc([C@@H]3O[C@H](COC(=O)c4ccccc4)[C@@H](OC(=O)c4ccccc4)[C@H](OC(=O)c4ccccc4)[C@H]3OC(=O)c3ccccc3)n2)cc1. The zero-order chi connectivity index (χ0) is 38.9. The molecule has 13 heteroatoms. The molecule has 0 radical (unpaired) electrons. The lowest BCUT2D eigenvalue weighted by Gasteiger charge is -2.43. The minimum Gasteiger partial charge on any atom is -0.497 e. The van der Waals surface area contributed by atoms with E-state index in [-0.39, 0.29) is 34.0 Å². The Morgan fingerprint density at radius 2 is 1.00 bits per heavy atom. The topological polar surface area (TPSA) is 163 Å². The van der Waals surface area contributed by atoms with Gasteiger partial charge in [0.05, 0.1) is 29.4 Å². The van der Waals surface area contributed by atoms with Crippen molar-refractivity contribution in [2.75, 3.05) is 13.7 Å². The quantitative estimate of drug-likeness (QED) is 0.0957. The summed E-state index contributed by atoms with van der Waals surface area (Å²) in [5.41, 5.74) is 1.30. The van der Waals surface area contributed by atoms with Crippen LogP contribution in [0.1, 0.15) is 53.4 Å². The Kier molecular flexibility index (Phi) is 11.5. The summed E-state index contributed by atoms with van der Waals surface area (Å²) in [6.45, 7) is -0.505. The van der Waals surface area contributed by atoms with Crippen LogP contribution in [0.15, 0.2) is 150 Å². The van der Waals surface area contributed by atoms with Crippen molar-refractivity contribution in [1.29, 1.82) is 0 Å². The Morgan fingerprint density at radius 3 is 1.48 bits per heavy atom. The van der Waals surface area contributed by atoms with Gasteiger partial charge >= 0.3 is 23.9 Å². The molecule has 0 unspecified atom stereocenters. The number of esters is 4. The number of hydrogen-bond donors (Lipinski definition) is 0. The molecule has 6 aromatic rings. The molecule has 5 aromatic carbocycles. The van der Waals surface area contributed by atoms with Crippen molar-refractivity contribution >= 4 is 23.9 Å². The average molecular weight is 755 g/mol. The first kappa shape index (κ1) is 37.2. The molecule has 13 nitrogen and oxygen atoms in total. The van der Waals surface area contributed by atoms with Gasteiger partial charge in [0.15, 0.2) is 24.4 Å². The zero-order valence-electron chi connectivity index (χ0n) is 29.8. The highest BCUT2D eigenvalue weighted by molar-refractivity contribution is 5.91. The molecule has 0 bridgehead atoms. The van der Waals surface area contributed by atoms with Crippen molar-refractivity contribution in [3.8, 4) is 17.1 Å². The van der Waals surface area contributed by atoms with Crippen molar-refractivity contribution < 1.29 is 52.1 Å². The summed E-state index contributed by atoms with van der Waals surface area (Å²) in [6.07, 6.45) is -7.44. The summed E-state index contributed by atoms with van der Waals surface area (Å²) in [5, 5.41) is 4.14. The van der Waals surface area contributed by atoms with Crippen molar-refractivity contribution in [3.05, 3.63) is 174 Å². The molecular formula is C43H34N2O11. The summed E-state index contributed by atoms with van der Waals surface area (Å²) in [4.78, 5) is 59.2. The van der Waals surface area contributed by atoms with Gasteiger partial charge in [0.1, 0.15) is 18.5 Å². The molecular weight excluding hydrogens is 720 g/mol. The number of carbonyl (C=O) groups excluding carboxylic acids is 4. The van der Waals surface area contributed by atoms with Gasteiger partial charge in [-0.1, -0.05) is 78.0 Å². The van der Waals surface area contributed by atoms with E-state index in [2.05, 4.69) is 10.1 Å². The fraction of sp³-hybridized carbons (Fsp3) is 0.163. The van der Waals surface area contributed by atoms with E-state index in [1.807, 2.05) is 0 Å². The molecule has 282 valence electrons. The molecule has 0 amide bonds. The molecule has 1 aliphatic heterocycles. The van der Waals surface area contributed by atoms with Crippen molar-refractivity contribution in [2.45, 2.75) is 30.5 Å². The molecule has 1 aliphatic rings. The van der Waals surface area contributed by atoms with Crippen LogP contribution in [0.5, 0.6) is 5.75 Å². The molecule has 0 saturated carbocycles. The Morgan fingerprint density at radius 1 is 0.554 bits per heavy atom. The number of benzene rings is 5. The molecule has 2 heterocycles. The van der Waals surface area contributed by atoms with Gasteiger partial charge in [-0.3, -0.25) is 0 Å². The standard InChI is InChI=1S/C43H34N2O11/c1-50-32-24-22-27(23-25-32)38-44-39(56-45-38)37-36(55-43(49)31-20-12-5-13-21-31)35(54-42(48)30-18-10-4-11-19-30)34(53-41(47)29-16-8-3-9-17-29)33(52-37)26-51-40(46)28-14-6-2-7-15-28/h2-25,33-37H,26H2,1H3/t33-,34-,35+,36-,37-/m1/s1. The van der Waals surface area contributed by atoms with Crippen LogP contribution < -0.4 is 4.74 Å². The minimum absolute atomic E-state index is 0.155. The Balaban J connectivity index is 1.32. The second-order valence-corrected chi connectivity index (χ2v) is 12.5. The first-order valence-electron chi connectivity index (χ1n) is 17.5. The van der Waals surface area contributed by atoms with E-state index in [9.17, 15) is 19.2 Å². The monoisotopic (exact) mass is 754 g/mol. The van der Waals surface area contributed by atoms with Gasteiger partial charge in [0.2, 0.25) is 5.82 Å². The maximum Gasteiger partial charge on any atom is 0.338 e. The van der Waals surface area contributed by atoms with E-state index in [1.54, 1.807) is 121 Å². The number of ether oxygens (including phenoxy) is 6. The smallest absolute Gasteiger partial charge is 0.338 e. The van der Waals surface area contributed by atoms with Gasteiger partial charge in [-0.25, -0.2) is 19.2 Å². The first-order chi connectivity index (χ1) is 27.4. The molecule has 5 atom stereocenters. The van der Waals surface area contributed by atoms with E-state index < -0.39 is 61.0 Å². The molecule has 7 rings (SSSR count). The van der Waals surface area contributed by atoms with Gasteiger partial charge in [-0.2, -0.15) is 4.98 Å². The van der Waals surface area contributed by atoms with E-state index in [0.717, 1.165) is 0 Å². The molecule has 1 fully saturated rings. The Bertz CT molecular complexity index is 2250. The van der Waals surface area contributed by atoms with E-state index in [1.165, 1.54) is 31.4 Å². The largest absolute Gasteiger partial charge is 0.497 e. The number of methoxy groups -OCH3 is 1. The highest BCUT2D eigenvalue weighted by Gasteiger charge is 2.55. The third-order valence-corrected chi connectivity index (χ3v) is 8.81. The van der Waals surface area contributed by atoms with Gasteiger partial charge in [-0.05, 0) is 72.8 Å². The highest BCUT2D eigenvalue weighted by atomic mass is 16.7. The van der Waals surface area contributed by atoms with E-state index in [0.29, 0.717) is 11.3 Å². The van der Waals surface area contributed by atoms with Crippen LogP contribution in [0.2, 0.25) is 0 Å². The normalized spacial score (nSPS) is 18.9. The molecule has 1 aromatic heterocycles. The summed E-state index contributed by atoms with van der Waals surface area (Å²) in [6, 6.07) is 39.4. The van der Waals surface area contributed by atoms with Crippen molar-refractivity contribution in [1.82, 2.24) is 10.1 Å². The number of rotatable bonds is 12. The fourth-order valence-electron chi connectivity index (χ4n) is 5.97.